The van der Waals surface area contributed by atoms with Crippen LogP contribution in [0.3, 0.4) is 0 Å². The second-order valence-electron chi connectivity index (χ2n) is 10.6. The number of allylic oxidation sites excluding steroid dienone is 2. The van der Waals surface area contributed by atoms with Crippen molar-refractivity contribution in [3.05, 3.63) is 33.9 Å². The van der Waals surface area contributed by atoms with Crippen molar-refractivity contribution in [1.29, 1.82) is 0 Å². The first-order valence-corrected chi connectivity index (χ1v) is 12.4. The fourth-order valence-electron chi connectivity index (χ4n) is 6.21. The number of carbonyl (C=O) groups is 1. The second-order valence-corrected chi connectivity index (χ2v) is 10.6. The summed E-state index contributed by atoms with van der Waals surface area (Å²) in [6.07, 6.45) is 0.472. The van der Waals surface area contributed by atoms with Gasteiger partial charge in [-0.2, -0.15) is 0 Å². The highest BCUT2D eigenvalue weighted by Gasteiger charge is 2.45. The monoisotopic (exact) mass is 474 g/mol. The Hall–Kier alpha value is -2.09. The molecule has 0 aromatic heterocycles. The molecule has 188 valence electrons. The molecule has 34 heavy (non-hydrogen) atoms. The van der Waals surface area contributed by atoms with E-state index in [9.17, 15) is 20.1 Å². The minimum Gasteiger partial charge on any atom is -0.504 e. The van der Waals surface area contributed by atoms with E-state index < -0.39 is 30.6 Å². The lowest BCUT2D eigenvalue weighted by Gasteiger charge is -2.44. The van der Waals surface area contributed by atoms with Crippen LogP contribution in [0.15, 0.2) is 11.6 Å². The molecule has 1 saturated heterocycles. The summed E-state index contributed by atoms with van der Waals surface area (Å²) in [5, 5.41) is 32.5. The fraction of sp³-hybridized carbons (Fsp3) is 0.667. The molecule has 2 aliphatic carbocycles. The van der Waals surface area contributed by atoms with Gasteiger partial charge < -0.3 is 29.5 Å². The van der Waals surface area contributed by atoms with Gasteiger partial charge in [0.25, 0.3) is 0 Å². The molecule has 3 aliphatic rings. The number of hydrogen-bond acceptors (Lipinski definition) is 7. The van der Waals surface area contributed by atoms with Crippen LogP contribution in [0.25, 0.3) is 0 Å². The largest absolute Gasteiger partial charge is 0.504 e. The van der Waals surface area contributed by atoms with Crippen molar-refractivity contribution in [2.24, 2.45) is 5.92 Å². The fourth-order valence-corrected chi connectivity index (χ4v) is 6.21. The van der Waals surface area contributed by atoms with Crippen LogP contribution in [-0.4, -0.2) is 52.5 Å². The summed E-state index contributed by atoms with van der Waals surface area (Å²) in [6, 6.07) is 0. The van der Waals surface area contributed by atoms with Crippen LogP contribution in [0.2, 0.25) is 0 Å². The van der Waals surface area contributed by atoms with E-state index in [1.54, 1.807) is 0 Å². The lowest BCUT2D eigenvalue weighted by atomic mass is 9.62. The number of aliphatic hydroxyl groups is 2. The van der Waals surface area contributed by atoms with Crippen molar-refractivity contribution < 1.29 is 34.3 Å². The topological polar surface area (TPSA) is 105 Å². The molecule has 0 spiro atoms. The second kappa shape index (κ2) is 9.51. The Morgan fingerprint density at radius 3 is 2.41 bits per heavy atom. The highest BCUT2D eigenvalue weighted by Crippen LogP contribution is 2.58. The van der Waals surface area contributed by atoms with Crippen LogP contribution < -0.4 is 4.74 Å². The summed E-state index contributed by atoms with van der Waals surface area (Å²) in [5.41, 5.74) is 5.51. The minimum atomic E-state index is -1.44. The molecule has 1 aromatic carbocycles. The molecule has 1 heterocycles. The summed E-state index contributed by atoms with van der Waals surface area (Å²) in [6.45, 7) is 11.7. The molecule has 1 aromatic rings. The number of carbonyl (C=O) groups excluding carboxylic acids is 1. The first-order chi connectivity index (χ1) is 16.0. The van der Waals surface area contributed by atoms with E-state index in [2.05, 4.69) is 33.8 Å². The Morgan fingerprint density at radius 1 is 1.06 bits per heavy atom. The molecule has 7 heteroatoms. The Labute approximate surface area is 201 Å². The predicted molar refractivity (Wildman–Crippen MR) is 127 cm³/mol. The molecular weight excluding hydrogens is 436 g/mol. The van der Waals surface area contributed by atoms with Crippen molar-refractivity contribution in [2.45, 2.75) is 103 Å². The molecule has 0 saturated carbocycles. The number of aromatic hydroxyl groups is 1. The van der Waals surface area contributed by atoms with Gasteiger partial charge >= 0.3 is 5.97 Å². The average Bonchev–Trinajstić information content (AvgIpc) is 2.75. The maximum Gasteiger partial charge on any atom is 0.303 e. The zero-order chi connectivity index (χ0) is 24.9. The number of hydrogen-bond donors (Lipinski definition) is 3. The summed E-state index contributed by atoms with van der Waals surface area (Å²) in [4.78, 5) is 11.3. The Morgan fingerprint density at radius 2 is 1.76 bits per heavy atom. The summed E-state index contributed by atoms with van der Waals surface area (Å²) >= 11 is 0. The first kappa shape index (κ1) is 25.0. The SMILES string of the molecule is CC(=O)OC1COC(Oc2c(O)c(C)c3c4c2C(C)CCC4C(C)CC3C=C(C)C)C(O)C1O. The molecular formula is C27H38O7. The van der Waals surface area contributed by atoms with Crippen molar-refractivity contribution >= 4 is 5.97 Å². The van der Waals surface area contributed by atoms with Crippen molar-refractivity contribution in [1.82, 2.24) is 0 Å². The third kappa shape index (κ3) is 4.34. The Bertz CT molecular complexity index is 980. The standard InChI is InChI=1S/C27H38O7/c1-12(2)9-17-10-14(4)18-8-7-13(3)20-22(18)21(17)15(5)23(29)26(20)34-27-25(31)24(30)19(11-32-27)33-16(6)28/h9,13-14,17-19,24-25,27,29-31H,7-8,10-11H2,1-6H3. The molecule has 4 rings (SSSR count). The van der Waals surface area contributed by atoms with E-state index in [0.29, 0.717) is 17.6 Å². The number of esters is 1. The van der Waals surface area contributed by atoms with E-state index >= 15 is 0 Å². The molecule has 1 aliphatic heterocycles. The zero-order valence-corrected chi connectivity index (χ0v) is 21.0. The van der Waals surface area contributed by atoms with Crippen LogP contribution in [-0.2, 0) is 14.3 Å². The minimum absolute atomic E-state index is 0.0651. The lowest BCUT2D eigenvalue weighted by Crippen LogP contribution is -2.56. The van der Waals surface area contributed by atoms with E-state index in [1.807, 2.05) is 6.92 Å². The van der Waals surface area contributed by atoms with Gasteiger partial charge in [-0.3, -0.25) is 4.79 Å². The van der Waals surface area contributed by atoms with Gasteiger partial charge in [-0.1, -0.05) is 25.5 Å². The van der Waals surface area contributed by atoms with E-state index in [4.69, 9.17) is 14.2 Å². The van der Waals surface area contributed by atoms with Gasteiger partial charge in [0.15, 0.2) is 17.6 Å². The zero-order valence-electron chi connectivity index (χ0n) is 21.0. The summed E-state index contributed by atoms with van der Waals surface area (Å²) in [5.74, 6) is 1.13. The van der Waals surface area contributed by atoms with Crippen LogP contribution in [0.1, 0.15) is 93.9 Å². The molecule has 8 atom stereocenters. The summed E-state index contributed by atoms with van der Waals surface area (Å²) < 4.78 is 16.9. The third-order valence-corrected chi connectivity index (χ3v) is 7.78. The van der Waals surface area contributed by atoms with E-state index in [1.165, 1.54) is 23.6 Å². The van der Waals surface area contributed by atoms with Gasteiger partial charge in [-0.05, 0) is 74.5 Å². The summed E-state index contributed by atoms with van der Waals surface area (Å²) in [7, 11) is 0. The van der Waals surface area contributed by atoms with Gasteiger partial charge in [0.1, 0.15) is 12.2 Å². The van der Waals surface area contributed by atoms with Gasteiger partial charge in [0.05, 0.1) is 6.61 Å². The van der Waals surface area contributed by atoms with Crippen LogP contribution in [0.5, 0.6) is 11.5 Å². The predicted octanol–water partition coefficient (Wildman–Crippen LogP) is 4.16. The normalized spacial score (nSPS) is 34.7. The molecule has 0 bridgehead atoms. The number of ether oxygens (including phenoxy) is 3. The molecule has 3 N–H and O–H groups in total. The highest BCUT2D eigenvalue weighted by atomic mass is 16.7. The number of phenols is 1. The Kier molecular flexibility index (Phi) is 7.00. The van der Waals surface area contributed by atoms with Gasteiger partial charge in [-0.25, -0.2) is 0 Å². The first-order valence-electron chi connectivity index (χ1n) is 12.4. The highest BCUT2D eigenvalue weighted by molar-refractivity contribution is 5.66. The molecule has 8 unspecified atom stereocenters. The molecule has 0 radical (unpaired) electrons. The third-order valence-electron chi connectivity index (χ3n) is 7.78. The molecule has 0 amide bonds. The number of aliphatic hydroxyl groups excluding tert-OH is 2. The van der Waals surface area contributed by atoms with Crippen molar-refractivity contribution in [2.75, 3.05) is 6.61 Å². The number of rotatable bonds is 4. The van der Waals surface area contributed by atoms with Crippen LogP contribution in [0.4, 0.5) is 0 Å². The maximum absolute atomic E-state index is 11.4. The quantitative estimate of drug-likeness (QED) is 0.444. The molecule has 7 nitrogen and oxygen atoms in total. The lowest BCUT2D eigenvalue weighted by molar-refractivity contribution is -0.248. The Balaban J connectivity index is 1.77. The van der Waals surface area contributed by atoms with E-state index in [0.717, 1.165) is 30.4 Å². The smallest absolute Gasteiger partial charge is 0.303 e. The van der Waals surface area contributed by atoms with Gasteiger partial charge in [0.2, 0.25) is 6.29 Å². The van der Waals surface area contributed by atoms with Crippen molar-refractivity contribution in [3.63, 3.8) is 0 Å². The average molecular weight is 475 g/mol. The van der Waals surface area contributed by atoms with Crippen molar-refractivity contribution in [3.8, 4) is 11.5 Å². The molecule has 1 fully saturated rings. The van der Waals surface area contributed by atoms with Crippen LogP contribution >= 0.6 is 0 Å². The van der Waals surface area contributed by atoms with E-state index in [-0.39, 0.29) is 24.2 Å². The van der Waals surface area contributed by atoms with Gasteiger partial charge in [-0.15, -0.1) is 0 Å². The number of benzene rings is 1. The van der Waals surface area contributed by atoms with Gasteiger partial charge in [0, 0.05) is 18.4 Å². The van der Waals surface area contributed by atoms with Crippen LogP contribution in [0, 0.1) is 12.8 Å². The maximum atomic E-state index is 11.4. The number of phenolic OH excluding ortho intramolecular Hbond substituents is 1.